The molecule has 1 amide bonds. The topological polar surface area (TPSA) is 23.6 Å². The number of piperazine rings is 1. The molecule has 18 heavy (non-hydrogen) atoms. The van der Waals surface area contributed by atoms with E-state index in [4.69, 9.17) is 0 Å². The molecule has 0 aromatic carbocycles. The number of nitrogens with zero attached hydrogens (tertiary/aromatic N) is 2. The second-order valence-electron chi connectivity index (χ2n) is 5.24. The monoisotopic (exact) mass is 246 g/mol. The number of allylic oxidation sites excluding steroid dienone is 3. The minimum Gasteiger partial charge on any atom is -0.339 e. The molecule has 0 aromatic rings. The van der Waals surface area contributed by atoms with Gasteiger partial charge in [0.25, 0.3) is 0 Å². The Morgan fingerprint density at radius 2 is 1.78 bits per heavy atom. The smallest absolute Gasteiger partial charge is 0.233 e. The molecule has 1 heterocycles. The van der Waals surface area contributed by atoms with E-state index in [0.717, 1.165) is 44.6 Å². The van der Waals surface area contributed by atoms with E-state index in [-0.39, 0.29) is 11.3 Å². The molecule has 0 N–H and O–H groups in total. The highest BCUT2D eigenvalue weighted by Crippen LogP contribution is 2.53. The van der Waals surface area contributed by atoms with Crippen molar-refractivity contribution in [1.29, 1.82) is 0 Å². The van der Waals surface area contributed by atoms with Gasteiger partial charge in [-0.05, 0) is 25.5 Å². The molecule has 3 heteroatoms. The van der Waals surface area contributed by atoms with Crippen LogP contribution in [0.25, 0.3) is 0 Å². The van der Waals surface area contributed by atoms with Gasteiger partial charge < -0.3 is 9.80 Å². The largest absolute Gasteiger partial charge is 0.339 e. The van der Waals surface area contributed by atoms with Crippen LogP contribution in [0.4, 0.5) is 0 Å². The second-order valence-corrected chi connectivity index (χ2v) is 5.24. The molecule has 2 rings (SSSR count). The third kappa shape index (κ3) is 2.27. The van der Waals surface area contributed by atoms with Gasteiger partial charge in [0.1, 0.15) is 0 Å². The van der Waals surface area contributed by atoms with Crippen LogP contribution in [0, 0.1) is 5.41 Å². The Kier molecular flexibility index (Phi) is 3.71. The first kappa shape index (κ1) is 13.1. The number of hydrogen-bond acceptors (Lipinski definition) is 2. The summed E-state index contributed by atoms with van der Waals surface area (Å²) in [6.45, 7) is 11.2. The summed E-state index contributed by atoms with van der Waals surface area (Å²) in [5.74, 6) is 0.281. The minimum atomic E-state index is -0.286. The minimum absolute atomic E-state index is 0.281. The molecule has 1 saturated heterocycles. The van der Waals surface area contributed by atoms with Crippen molar-refractivity contribution in [3.05, 3.63) is 37.0 Å². The SMILES string of the molecule is C=C/C=C(\C=C)C1(C(=O)N2CCN(C)CC2)CC1. The van der Waals surface area contributed by atoms with Crippen LogP contribution in [0.1, 0.15) is 12.8 Å². The van der Waals surface area contributed by atoms with Crippen LogP contribution >= 0.6 is 0 Å². The van der Waals surface area contributed by atoms with Crippen molar-refractivity contribution in [3.8, 4) is 0 Å². The number of hydrogen-bond donors (Lipinski definition) is 0. The van der Waals surface area contributed by atoms with E-state index in [1.807, 2.05) is 17.1 Å². The summed E-state index contributed by atoms with van der Waals surface area (Å²) in [7, 11) is 2.10. The van der Waals surface area contributed by atoms with Gasteiger partial charge in [-0.2, -0.15) is 0 Å². The predicted octanol–water partition coefficient (Wildman–Crippen LogP) is 1.84. The fourth-order valence-corrected chi connectivity index (χ4v) is 2.61. The first-order valence-electron chi connectivity index (χ1n) is 6.57. The van der Waals surface area contributed by atoms with Crippen molar-refractivity contribution in [2.24, 2.45) is 5.41 Å². The van der Waals surface area contributed by atoms with Crippen molar-refractivity contribution in [1.82, 2.24) is 9.80 Å². The zero-order valence-corrected chi connectivity index (χ0v) is 11.2. The lowest BCUT2D eigenvalue weighted by molar-refractivity contribution is -0.137. The van der Waals surface area contributed by atoms with Crippen molar-refractivity contribution < 1.29 is 4.79 Å². The zero-order chi connectivity index (χ0) is 13.2. The summed E-state index contributed by atoms with van der Waals surface area (Å²) < 4.78 is 0. The van der Waals surface area contributed by atoms with E-state index < -0.39 is 0 Å². The third-order valence-electron chi connectivity index (χ3n) is 4.02. The fraction of sp³-hybridized carbons (Fsp3) is 0.533. The standard InChI is InChI=1S/C15H22N2O/c1-4-6-13(5-2)15(7-8-15)14(18)17-11-9-16(3)10-12-17/h4-6H,1-2,7-12H2,3H3/b13-6+. The average Bonchev–Trinajstić information content (AvgIpc) is 3.17. The molecule has 0 spiro atoms. The molecule has 98 valence electrons. The van der Waals surface area contributed by atoms with Crippen LogP contribution in [0.2, 0.25) is 0 Å². The average molecular weight is 246 g/mol. The summed E-state index contributed by atoms with van der Waals surface area (Å²) in [6.07, 6.45) is 7.37. The highest BCUT2D eigenvalue weighted by Gasteiger charge is 2.53. The van der Waals surface area contributed by atoms with Crippen LogP contribution in [-0.2, 0) is 4.79 Å². The second kappa shape index (κ2) is 5.11. The Balaban J connectivity index is 2.11. The van der Waals surface area contributed by atoms with Crippen molar-refractivity contribution >= 4 is 5.91 Å². The molecular weight excluding hydrogens is 224 g/mol. The van der Waals surface area contributed by atoms with Crippen LogP contribution in [0.3, 0.4) is 0 Å². The maximum atomic E-state index is 12.6. The molecule has 2 fully saturated rings. The number of rotatable bonds is 4. The predicted molar refractivity (Wildman–Crippen MR) is 74.2 cm³/mol. The molecule has 0 atom stereocenters. The van der Waals surface area contributed by atoms with Gasteiger partial charge in [-0.3, -0.25) is 4.79 Å². The fourth-order valence-electron chi connectivity index (χ4n) is 2.61. The van der Waals surface area contributed by atoms with Crippen LogP contribution in [0.15, 0.2) is 37.0 Å². The molecule has 2 aliphatic rings. The summed E-state index contributed by atoms with van der Waals surface area (Å²) in [5.41, 5.74) is 0.743. The highest BCUT2D eigenvalue weighted by atomic mass is 16.2. The van der Waals surface area contributed by atoms with Gasteiger partial charge in [0.15, 0.2) is 0 Å². The van der Waals surface area contributed by atoms with Crippen molar-refractivity contribution in [2.75, 3.05) is 33.2 Å². The number of carbonyl (C=O) groups is 1. The Morgan fingerprint density at radius 1 is 1.17 bits per heavy atom. The number of likely N-dealkylation sites (N-methyl/N-ethyl adjacent to an activating group) is 1. The molecular formula is C15H22N2O. The van der Waals surface area contributed by atoms with E-state index >= 15 is 0 Å². The normalized spacial score (nSPS) is 23.6. The summed E-state index contributed by atoms with van der Waals surface area (Å²) >= 11 is 0. The lowest BCUT2D eigenvalue weighted by Crippen LogP contribution is -2.49. The Bertz CT molecular complexity index is 385. The molecule has 1 aliphatic carbocycles. The van der Waals surface area contributed by atoms with Gasteiger partial charge in [0, 0.05) is 26.2 Å². The zero-order valence-electron chi connectivity index (χ0n) is 11.2. The van der Waals surface area contributed by atoms with E-state index in [1.54, 1.807) is 6.08 Å². The lowest BCUT2D eigenvalue weighted by Gasteiger charge is -2.35. The van der Waals surface area contributed by atoms with E-state index in [2.05, 4.69) is 25.1 Å². The van der Waals surface area contributed by atoms with Gasteiger partial charge in [-0.15, -0.1) is 0 Å². The van der Waals surface area contributed by atoms with Crippen LogP contribution < -0.4 is 0 Å². The van der Waals surface area contributed by atoms with E-state index in [0.29, 0.717) is 0 Å². The molecule has 0 unspecified atom stereocenters. The molecule has 1 aliphatic heterocycles. The van der Waals surface area contributed by atoms with Crippen LogP contribution in [0.5, 0.6) is 0 Å². The van der Waals surface area contributed by atoms with Gasteiger partial charge in [-0.1, -0.05) is 31.4 Å². The summed E-state index contributed by atoms with van der Waals surface area (Å²) in [4.78, 5) is 16.9. The lowest BCUT2D eigenvalue weighted by atomic mass is 9.93. The van der Waals surface area contributed by atoms with Gasteiger partial charge >= 0.3 is 0 Å². The molecule has 3 nitrogen and oxygen atoms in total. The van der Waals surface area contributed by atoms with Gasteiger partial charge in [0.05, 0.1) is 5.41 Å². The first-order valence-corrected chi connectivity index (χ1v) is 6.57. The van der Waals surface area contributed by atoms with Gasteiger partial charge in [0.2, 0.25) is 5.91 Å². The molecule has 0 radical (unpaired) electrons. The molecule has 0 bridgehead atoms. The Morgan fingerprint density at radius 3 is 2.22 bits per heavy atom. The Labute approximate surface area is 109 Å². The maximum absolute atomic E-state index is 12.6. The molecule has 1 saturated carbocycles. The van der Waals surface area contributed by atoms with E-state index in [1.165, 1.54) is 0 Å². The summed E-state index contributed by atoms with van der Waals surface area (Å²) in [6, 6.07) is 0. The van der Waals surface area contributed by atoms with E-state index in [9.17, 15) is 4.79 Å². The third-order valence-corrected chi connectivity index (χ3v) is 4.02. The number of amides is 1. The molecule has 0 aromatic heterocycles. The quantitative estimate of drug-likeness (QED) is 0.707. The number of carbonyl (C=O) groups excluding carboxylic acids is 1. The first-order chi connectivity index (χ1) is 8.64. The highest BCUT2D eigenvalue weighted by molar-refractivity contribution is 5.89. The summed E-state index contributed by atoms with van der Waals surface area (Å²) in [5, 5.41) is 0. The Hall–Kier alpha value is -1.35. The van der Waals surface area contributed by atoms with Crippen molar-refractivity contribution in [3.63, 3.8) is 0 Å². The maximum Gasteiger partial charge on any atom is 0.233 e. The van der Waals surface area contributed by atoms with Crippen LogP contribution in [-0.4, -0.2) is 48.9 Å². The van der Waals surface area contributed by atoms with Crippen molar-refractivity contribution in [2.45, 2.75) is 12.8 Å². The van der Waals surface area contributed by atoms with Gasteiger partial charge in [-0.25, -0.2) is 0 Å².